The predicted octanol–water partition coefficient (Wildman–Crippen LogP) is 2.83. The fourth-order valence-electron chi connectivity index (χ4n) is 2.67. The lowest BCUT2D eigenvalue weighted by Crippen LogP contribution is -2.30. The molecule has 1 fully saturated rings. The van der Waals surface area contributed by atoms with Crippen LogP contribution in [0.15, 0.2) is 0 Å². The van der Waals surface area contributed by atoms with Crippen molar-refractivity contribution in [3.63, 3.8) is 0 Å². The fraction of sp³-hybridized carbons (Fsp3) is 0.750. The van der Waals surface area contributed by atoms with Crippen molar-refractivity contribution in [1.82, 2.24) is 0 Å². The summed E-state index contributed by atoms with van der Waals surface area (Å²) >= 11 is 0. The van der Waals surface area contributed by atoms with E-state index in [1.54, 1.807) is 0 Å². The fourth-order valence-corrected chi connectivity index (χ4v) is 2.67. The molecule has 0 aromatic carbocycles. The van der Waals surface area contributed by atoms with Crippen LogP contribution >= 0.6 is 0 Å². The molecule has 19 heavy (non-hydrogen) atoms. The second-order valence-electron chi connectivity index (χ2n) is 7.35. The molecule has 2 unspecified atom stereocenters. The highest BCUT2D eigenvalue weighted by molar-refractivity contribution is 5.99. The number of esters is 1. The van der Waals surface area contributed by atoms with Crippen LogP contribution in [0.4, 0.5) is 0 Å². The Hall–Kier alpha value is -1.30. The Morgan fingerprint density at radius 1 is 1.42 bits per heavy atom. The van der Waals surface area contributed by atoms with Gasteiger partial charge in [-0.05, 0) is 59.3 Å². The number of Topliss-reactive ketones (excluding diaryl/α,β-unsaturated/α-hetero) is 1. The van der Waals surface area contributed by atoms with Gasteiger partial charge in [-0.15, -0.1) is 0 Å². The Balaban J connectivity index is 0.00000200. The largest absolute Gasteiger partial charge is 0.460 e. The van der Waals surface area contributed by atoms with E-state index in [1.165, 1.54) is 0 Å². The molecule has 2 rings (SSSR count). The Labute approximate surface area is 116 Å². The zero-order chi connectivity index (χ0) is 14.4. The maximum atomic E-state index is 12.0. The molecule has 3 atom stereocenters. The normalized spacial score (nSPS) is 32.3. The molecule has 0 N–H and O–H groups in total. The van der Waals surface area contributed by atoms with Crippen LogP contribution in [-0.2, 0) is 14.3 Å². The highest BCUT2D eigenvalue weighted by Gasteiger charge is 2.52. The van der Waals surface area contributed by atoms with Crippen LogP contribution < -0.4 is 0 Å². The van der Waals surface area contributed by atoms with Gasteiger partial charge in [-0.25, -0.2) is 0 Å². The van der Waals surface area contributed by atoms with Gasteiger partial charge >= 0.3 is 5.97 Å². The van der Waals surface area contributed by atoms with Crippen molar-refractivity contribution in [2.45, 2.75) is 53.1 Å². The molecule has 0 spiro atoms. The standard InChI is InChI=1S/C16H22O3.H2/c1-15(2,3)19-14(18)11-8-10(11)12-9-16(4,5)7-6-13(12)17;/h10-12H,8-9H2,1-5H3;1H/t10?,11?,12-;/m1./s1. The Kier molecular flexibility index (Phi) is 3.24. The molecule has 0 aromatic heterocycles. The van der Waals surface area contributed by atoms with Crippen molar-refractivity contribution in [3.8, 4) is 11.8 Å². The van der Waals surface area contributed by atoms with Crippen LogP contribution in [0.3, 0.4) is 0 Å². The molecule has 3 nitrogen and oxygen atoms in total. The number of hydrogen-bond acceptors (Lipinski definition) is 3. The summed E-state index contributed by atoms with van der Waals surface area (Å²) in [7, 11) is 0. The lowest BCUT2D eigenvalue weighted by atomic mass is 9.76. The van der Waals surface area contributed by atoms with Crippen LogP contribution in [0, 0.1) is 35.0 Å². The van der Waals surface area contributed by atoms with Crippen molar-refractivity contribution in [3.05, 3.63) is 0 Å². The molecule has 0 heterocycles. The number of ether oxygens (including phenoxy) is 1. The average Bonchev–Trinajstić information content (AvgIpc) is 2.99. The molecule has 0 aliphatic heterocycles. The number of rotatable bonds is 2. The predicted molar refractivity (Wildman–Crippen MR) is 74.2 cm³/mol. The zero-order valence-electron chi connectivity index (χ0n) is 12.4. The van der Waals surface area contributed by atoms with Crippen LogP contribution in [0.2, 0.25) is 0 Å². The zero-order valence-corrected chi connectivity index (χ0v) is 12.4. The molecular formula is C16H24O3. The molecular weight excluding hydrogens is 240 g/mol. The van der Waals surface area contributed by atoms with Gasteiger partial charge in [0.2, 0.25) is 5.78 Å². The number of carbonyl (C=O) groups excluding carboxylic acids is 2. The first kappa shape index (κ1) is 14.1. The highest BCUT2D eigenvalue weighted by Crippen LogP contribution is 2.50. The van der Waals surface area contributed by atoms with Gasteiger partial charge < -0.3 is 4.74 Å². The van der Waals surface area contributed by atoms with Crippen molar-refractivity contribution < 1.29 is 15.8 Å². The van der Waals surface area contributed by atoms with E-state index in [9.17, 15) is 9.59 Å². The monoisotopic (exact) mass is 264 g/mol. The first-order valence-electron chi connectivity index (χ1n) is 6.89. The maximum absolute atomic E-state index is 12.0. The molecule has 2 aliphatic rings. The highest BCUT2D eigenvalue weighted by atomic mass is 16.6. The van der Waals surface area contributed by atoms with Crippen molar-refractivity contribution >= 4 is 11.8 Å². The second-order valence-corrected chi connectivity index (χ2v) is 7.35. The number of carbonyl (C=O) groups is 2. The van der Waals surface area contributed by atoms with Gasteiger partial charge in [-0.2, -0.15) is 0 Å². The first-order valence-corrected chi connectivity index (χ1v) is 6.89. The van der Waals surface area contributed by atoms with Gasteiger partial charge in [0.05, 0.1) is 5.92 Å². The van der Waals surface area contributed by atoms with E-state index in [4.69, 9.17) is 4.74 Å². The average molecular weight is 264 g/mol. The molecule has 3 heteroatoms. The van der Waals surface area contributed by atoms with Crippen molar-refractivity contribution in [2.24, 2.45) is 23.2 Å². The molecule has 0 aromatic rings. The third kappa shape index (κ3) is 3.37. The van der Waals surface area contributed by atoms with E-state index < -0.39 is 5.60 Å². The maximum Gasteiger partial charge on any atom is 0.309 e. The van der Waals surface area contributed by atoms with E-state index in [2.05, 4.69) is 11.8 Å². The van der Waals surface area contributed by atoms with Crippen LogP contribution in [-0.4, -0.2) is 17.4 Å². The van der Waals surface area contributed by atoms with E-state index in [0.29, 0.717) is 0 Å². The molecule has 2 aliphatic carbocycles. The summed E-state index contributed by atoms with van der Waals surface area (Å²) < 4.78 is 5.38. The van der Waals surface area contributed by atoms with E-state index in [-0.39, 0.29) is 36.3 Å². The number of hydrogen-bond donors (Lipinski definition) is 0. The Morgan fingerprint density at radius 3 is 2.63 bits per heavy atom. The van der Waals surface area contributed by atoms with Crippen LogP contribution in [0.1, 0.15) is 48.9 Å². The lowest BCUT2D eigenvalue weighted by Gasteiger charge is -2.26. The minimum atomic E-state index is -0.458. The molecule has 106 valence electrons. The van der Waals surface area contributed by atoms with Crippen LogP contribution in [0.5, 0.6) is 0 Å². The quantitative estimate of drug-likeness (QED) is 0.437. The first-order chi connectivity index (χ1) is 8.59. The molecule has 0 amide bonds. The Morgan fingerprint density at radius 2 is 2.05 bits per heavy atom. The summed E-state index contributed by atoms with van der Waals surface area (Å²) in [5, 5.41) is 0. The lowest BCUT2D eigenvalue weighted by molar-refractivity contribution is -0.157. The van der Waals surface area contributed by atoms with E-state index >= 15 is 0 Å². The SMILES string of the molecule is CC1(C)C#CC(=O)[C@@H](C2CC2C(=O)OC(C)(C)C)C1.[HH]. The molecule has 0 bridgehead atoms. The third-order valence-electron chi connectivity index (χ3n) is 3.66. The van der Waals surface area contributed by atoms with Crippen LogP contribution in [0.25, 0.3) is 0 Å². The van der Waals surface area contributed by atoms with Gasteiger partial charge in [0.1, 0.15) is 5.60 Å². The van der Waals surface area contributed by atoms with Gasteiger partial charge in [-0.1, -0.05) is 5.92 Å². The van der Waals surface area contributed by atoms with Crippen molar-refractivity contribution in [1.29, 1.82) is 0 Å². The number of ketones is 1. The summed E-state index contributed by atoms with van der Waals surface area (Å²) in [4.78, 5) is 23.9. The molecule has 0 radical (unpaired) electrons. The van der Waals surface area contributed by atoms with Gasteiger partial charge in [-0.3, -0.25) is 9.59 Å². The summed E-state index contributed by atoms with van der Waals surface area (Å²) in [6, 6.07) is 0. The van der Waals surface area contributed by atoms with Crippen molar-refractivity contribution in [2.75, 3.05) is 0 Å². The molecule has 1 saturated carbocycles. The third-order valence-corrected chi connectivity index (χ3v) is 3.66. The summed E-state index contributed by atoms with van der Waals surface area (Å²) in [5.41, 5.74) is -0.584. The second kappa shape index (κ2) is 4.37. The minimum Gasteiger partial charge on any atom is -0.460 e. The molecule has 0 saturated heterocycles. The van der Waals surface area contributed by atoms with Gasteiger partial charge in [0.25, 0.3) is 0 Å². The van der Waals surface area contributed by atoms with E-state index in [0.717, 1.165) is 12.8 Å². The minimum absolute atomic E-state index is 0. The smallest absolute Gasteiger partial charge is 0.309 e. The summed E-state index contributed by atoms with van der Waals surface area (Å²) in [6.07, 6.45) is 1.52. The Bertz CT molecular complexity index is 476. The summed E-state index contributed by atoms with van der Waals surface area (Å²) in [6.45, 7) is 9.68. The van der Waals surface area contributed by atoms with Gasteiger partial charge in [0.15, 0.2) is 0 Å². The summed E-state index contributed by atoms with van der Waals surface area (Å²) in [5.74, 6) is 5.47. The van der Waals surface area contributed by atoms with Gasteiger partial charge in [0, 0.05) is 12.8 Å². The topological polar surface area (TPSA) is 43.4 Å². The van der Waals surface area contributed by atoms with E-state index in [1.807, 2.05) is 34.6 Å².